The average molecular weight is 242 g/mol. The lowest BCUT2D eigenvalue weighted by Gasteiger charge is -2.15. The molecule has 0 spiro atoms. The normalized spacial score (nSPS) is 20.8. The van der Waals surface area contributed by atoms with E-state index >= 15 is 0 Å². The molecule has 1 heterocycles. The van der Waals surface area contributed by atoms with Crippen LogP contribution in [0.4, 0.5) is 0 Å². The minimum absolute atomic E-state index is 0.0494. The summed E-state index contributed by atoms with van der Waals surface area (Å²) in [5.74, 6) is -1.25. The van der Waals surface area contributed by atoms with Crippen molar-refractivity contribution in [2.45, 2.75) is 38.6 Å². The summed E-state index contributed by atoms with van der Waals surface area (Å²) in [5, 5.41) is 13.9. The minimum Gasteiger partial charge on any atom is -0.481 e. The van der Waals surface area contributed by atoms with Crippen LogP contribution >= 0.6 is 0 Å². The lowest BCUT2D eigenvalue weighted by Crippen LogP contribution is -2.43. The number of hydrogen-bond donors (Lipinski definition) is 3. The molecule has 17 heavy (non-hydrogen) atoms. The van der Waals surface area contributed by atoms with E-state index in [2.05, 4.69) is 10.6 Å². The van der Waals surface area contributed by atoms with Crippen LogP contribution in [0.5, 0.6) is 0 Å². The molecule has 2 atom stereocenters. The Balaban J connectivity index is 2.31. The van der Waals surface area contributed by atoms with Crippen LogP contribution in [0.1, 0.15) is 32.6 Å². The molecular formula is C11H18N2O4. The van der Waals surface area contributed by atoms with E-state index in [9.17, 15) is 14.4 Å². The maximum Gasteiger partial charge on any atom is 0.303 e. The second kappa shape index (κ2) is 6.22. The van der Waals surface area contributed by atoms with Crippen molar-refractivity contribution < 1.29 is 19.5 Å². The first-order chi connectivity index (χ1) is 8.02. The average Bonchev–Trinajstić information content (AvgIpc) is 2.70. The zero-order chi connectivity index (χ0) is 12.8. The van der Waals surface area contributed by atoms with Crippen molar-refractivity contribution in [1.82, 2.24) is 10.6 Å². The van der Waals surface area contributed by atoms with Gasteiger partial charge in [-0.2, -0.15) is 0 Å². The number of hydrogen-bond acceptors (Lipinski definition) is 3. The van der Waals surface area contributed by atoms with Crippen LogP contribution in [0.2, 0.25) is 0 Å². The lowest BCUT2D eigenvalue weighted by molar-refractivity contribution is -0.138. The molecule has 1 rings (SSSR count). The molecule has 1 aliphatic rings. The summed E-state index contributed by atoms with van der Waals surface area (Å²) in [6, 6.07) is -0.454. The van der Waals surface area contributed by atoms with Crippen LogP contribution in [0.25, 0.3) is 0 Å². The molecule has 0 aromatic heterocycles. The van der Waals surface area contributed by atoms with E-state index in [1.165, 1.54) is 0 Å². The topological polar surface area (TPSA) is 95.5 Å². The summed E-state index contributed by atoms with van der Waals surface area (Å²) >= 11 is 0. The van der Waals surface area contributed by atoms with Gasteiger partial charge in [-0.1, -0.05) is 13.3 Å². The highest BCUT2D eigenvalue weighted by molar-refractivity contribution is 5.90. The smallest absolute Gasteiger partial charge is 0.303 e. The summed E-state index contributed by atoms with van der Waals surface area (Å²) in [7, 11) is 0. The fourth-order valence-corrected chi connectivity index (χ4v) is 1.79. The number of aliphatic carboxylic acids is 1. The summed E-state index contributed by atoms with van der Waals surface area (Å²) in [6.45, 7) is 2.23. The van der Waals surface area contributed by atoms with E-state index in [1.807, 2.05) is 6.92 Å². The van der Waals surface area contributed by atoms with Gasteiger partial charge in [0.2, 0.25) is 11.8 Å². The summed E-state index contributed by atoms with van der Waals surface area (Å²) < 4.78 is 0. The quantitative estimate of drug-likeness (QED) is 0.605. The van der Waals surface area contributed by atoms with Crippen molar-refractivity contribution >= 4 is 17.8 Å². The van der Waals surface area contributed by atoms with Gasteiger partial charge < -0.3 is 15.7 Å². The second-order valence-corrected chi connectivity index (χ2v) is 4.28. The van der Waals surface area contributed by atoms with Crippen molar-refractivity contribution in [2.75, 3.05) is 6.54 Å². The van der Waals surface area contributed by atoms with Gasteiger partial charge in [-0.25, -0.2) is 0 Å². The van der Waals surface area contributed by atoms with Crippen molar-refractivity contribution in [2.24, 2.45) is 5.92 Å². The van der Waals surface area contributed by atoms with Gasteiger partial charge in [0, 0.05) is 19.4 Å². The third-order valence-electron chi connectivity index (χ3n) is 2.92. The van der Waals surface area contributed by atoms with Crippen LogP contribution in [0.3, 0.4) is 0 Å². The van der Waals surface area contributed by atoms with E-state index in [0.29, 0.717) is 25.8 Å². The Morgan fingerprint density at radius 2 is 2.29 bits per heavy atom. The van der Waals surface area contributed by atoms with Gasteiger partial charge in [0.05, 0.1) is 0 Å². The molecule has 6 nitrogen and oxygen atoms in total. The van der Waals surface area contributed by atoms with Crippen LogP contribution in [-0.2, 0) is 14.4 Å². The Labute approximate surface area is 99.8 Å². The van der Waals surface area contributed by atoms with Gasteiger partial charge in [-0.3, -0.25) is 14.4 Å². The third kappa shape index (κ3) is 4.42. The van der Waals surface area contributed by atoms with Gasteiger partial charge in [-0.15, -0.1) is 0 Å². The zero-order valence-corrected chi connectivity index (χ0v) is 9.86. The molecule has 0 saturated carbocycles. The zero-order valence-electron chi connectivity index (χ0n) is 9.86. The van der Waals surface area contributed by atoms with E-state index in [4.69, 9.17) is 5.11 Å². The second-order valence-electron chi connectivity index (χ2n) is 4.28. The molecule has 3 N–H and O–H groups in total. The number of carboxylic acid groups (broad SMARTS) is 1. The Morgan fingerprint density at radius 1 is 1.59 bits per heavy atom. The van der Waals surface area contributed by atoms with Gasteiger partial charge in [0.1, 0.15) is 6.04 Å². The molecule has 1 aliphatic heterocycles. The van der Waals surface area contributed by atoms with Crippen LogP contribution in [0.15, 0.2) is 0 Å². The first kappa shape index (κ1) is 13.5. The Hall–Kier alpha value is -1.59. The molecular weight excluding hydrogens is 224 g/mol. The van der Waals surface area contributed by atoms with Crippen molar-refractivity contribution in [3.8, 4) is 0 Å². The molecule has 1 fully saturated rings. The summed E-state index contributed by atoms with van der Waals surface area (Å²) in [6.07, 6.45) is 1.64. The van der Waals surface area contributed by atoms with E-state index in [0.717, 1.165) is 0 Å². The Bertz CT molecular complexity index is 317. The number of carbonyl (C=O) groups excluding carboxylic acids is 2. The fraction of sp³-hybridized carbons (Fsp3) is 0.727. The number of rotatable bonds is 6. The molecule has 0 radical (unpaired) electrons. The minimum atomic E-state index is -0.861. The van der Waals surface area contributed by atoms with Crippen LogP contribution in [0, 0.1) is 5.92 Å². The molecule has 0 aliphatic carbocycles. The number of carboxylic acids is 1. The number of nitrogens with one attached hydrogen (secondary N) is 2. The summed E-state index contributed by atoms with van der Waals surface area (Å²) in [4.78, 5) is 33.1. The molecule has 96 valence electrons. The monoisotopic (exact) mass is 242 g/mol. The molecule has 0 bridgehead atoms. The molecule has 6 heteroatoms. The van der Waals surface area contributed by atoms with Crippen molar-refractivity contribution in [3.63, 3.8) is 0 Å². The standard InChI is InChI=1S/C11H18N2O4/c1-2-7(5-10(15)16)6-12-11(17)8-3-4-9(14)13-8/h7-8H,2-6H2,1H3,(H,12,17)(H,13,14)(H,15,16)/t7?,8-/m0/s1. The van der Waals surface area contributed by atoms with Gasteiger partial charge in [-0.05, 0) is 12.3 Å². The first-order valence-corrected chi connectivity index (χ1v) is 5.81. The number of amides is 2. The van der Waals surface area contributed by atoms with E-state index in [-0.39, 0.29) is 24.2 Å². The maximum atomic E-state index is 11.6. The van der Waals surface area contributed by atoms with Crippen LogP contribution < -0.4 is 10.6 Å². The molecule has 2 amide bonds. The van der Waals surface area contributed by atoms with Crippen LogP contribution in [-0.4, -0.2) is 35.5 Å². The fourth-order valence-electron chi connectivity index (χ4n) is 1.79. The molecule has 1 unspecified atom stereocenters. The van der Waals surface area contributed by atoms with E-state index < -0.39 is 12.0 Å². The van der Waals surface area contributed by atoms with Gasteiger partial charge in [0.25, 0.3) is 0 Å². The van der Waals surface area contributed by atoms with Crippen molar-refractivity contribution in [1.29, 1.82) is 0 Å². The predicted octanol–water partition coefficient (Wildman–Crippen LogP) is -0.118. The Morgan fingerprint density at radius 3 is 2.76 bits per heavy atom. The first-order valence-electron chi connectivity index (χ1n) is 5.81. The van der Waals surface area contributed by atoms with E-state index in [1.54, 1.807) is 0 Å². The Kier molecular flexibility index (Phi) is 4.93. The molecule has 0 aromatic carbocycles. The highest BCUT2D eigenvalue weighted by Crippen LogP contribution is 2.09. The third-order valence-corrected chi connectivity index (χ3v) is 2.92. The maximum absolute atomic E-state index is 11.6. The molecule has 0 aromatic rings. The highest BCUT2D eigenvalue weighted by atomic mass is 16.4. The predicted molar refractivity (Wildman–Crippen MR) is 60.2 cm³/mol. The van der Waals surface area contributed by atoms with Gasteiger partial charge in [0.15, 0.2) is 0 Å². The van der Waals surface area contributed by atoms with Crippen molar-refractivity contribution in [3.05, 3.63) is 0 Å². The molecule has 1 saturated heterocycles. The lowest BCUT2D eigenvalue weighted by atomic mass is 10.0. The largest absolute Gasteiger partial charge is 0.481 e. The summed E-state index contributed by atoms with van der Waals surface area (Å²) in [5.41, 5.74) is 0. The SMILES string of the molecule is CCC(CNC(=O)[C@@H]1CCC(=O)N1)CC(=O)O. The number of carbonyl (C=O) groups is 3. The highest BCUT2D eigenvalue weighted by Gasteiger charge is 2.27. The van der Waals surface area contributed by atoms with Gasteiger partial charge >= 0.3 is 5.97 Å².